The first kappa shape index (κ1) is 29.5. The van der Waals surface area contributed by atoms with Crippen molar-refractivity contribution in [1.82, 2.24) is 12.3 Å². The van der Waals surface area contributed by atoms with Gasteiger partial charge in [-0.1, -0.05) is 0 Å². The zero-order valence-corrected chi connectivity index (χ0v) is 12.7. The van der Waals surface area contributed by atoms with Gasteiger partial charge in [-0.25, -0.2) is 0 Å². The van der Waals surface area contributed by atoms with E-state index in [0.717, 1.165) is 0 Å². The summed E-state index contributed by atoms with van der Waals surface area (Å²) in [6, 6.07) is 0. The summed E-state index contributed by atoms with van der Waals surface area (Å²) in [6.07, 6.45) is 0. The van der Waals surface area contributed by atoms with Crippen LogP contribution in [-0.4, -0.2) is 4.89 Å². The van der Waals surface area contributed by atoms with Gasteiger partial charge in [-0.2, -0.15) is 0 Å². The van der Waals surface area contributed by atoms with Crippen molar-refractivity contribution in [1.29, 1.82) is 0 Å². The maximum atomic E-state index is 8.66. The molecule has 0 spiro atoms. The van der Waals surface area contributed by atoms with Crippen molar-refractivity contribution in [2.24, 2.45) is 0 Å². The molecule has 0 aliphatic rings. The van der Waals surface area contributed by atoms with E-state index in [1.165, 1.54) is 0 Å². The van der Waals surface area contributed by atoms with Gasteiger partial charge in [-0.3, -0.25) is 0 Å². The molecule has 0 unspecified atom stereocenters. The van der Waals surface area contributed by atoms with Crippen molar-refractivity contribution in [3.63, 3.8) is 0 Å². The molecule has 9 heavy (non-hydrogen) atoms. The Morgan fingerprint density at radius 1 is 1.11 bits per heavy atom. The van der Waals surface area contributed by atoms with Crippen molar-refractivity contribution in [2.75, 3.05) is 0 Å². The van der Waals surface area contributed by atoms with Crippen LogP contribution in [0.25, 0.3) is 0 Å². The van der Waals surface area contributed by atoms with Gasteiger partial charge in [-0.05, 0) is 0 Å². The number of hydrogen-bond acceptors (Lipinski definition) is 5. The van der Waals surface area contributed by atoms with Crippen molar-refractivity contribution in [3.8, 4) is 0 Å². The van der Waals surface area contributed by atoms with Crippen LogP contribution in [0.5, 0.6) is 0 Å². The van der Waals surface area contributed by atoms with Crippen LogP contribution in [-0.2, 0) is 4.57 Å². The minimum atomic E-state index is -5.14. The normalized spacial score (nSPS) is 6.56. The first-order valence-corrected chi connectivity index (χ1v) is 2.24. The van der Waals surface area contributed by atoms with Gasteiger partial charge in [0, 0.05) is 0 Å². The first-order chi connectivity index (χ1) is 2.00. The minimum Gasteiger partial charge on any atom is -0.790 e. The molecule has 0 radical (unpaired) electrons. The van der Waals surface area contributed by atoms with Crippen molar-refractivity contribution in [2.45, 2.75) is 0 Å². The van der Waals surface area contributed by atoms with Crippen LogP contribution in [0.4, 0.5) is 0 Å². The van der Waals surface area contributed by atoms with E-state index in [-0.39, 0.29) is 115 Å². The summed E-state index contributed by atoms with van der Waals surface area (Å²) in [5, 5.41) is 0. The number of phosphoric acid groups is 1. The molecule has 0 saturated carbocycles. The average Bonchev–Trinajstić information content (AvgIpc) is 0.722. The second-order valence-corrected chi connectivity index (χ2v) is 1.41. The Balaban J connectivity index is -0.0000000133. The summed E-state index contributed by atoms with van der Waals surface area (Å²) in [7, 11) is -5.14. The van der Waals surface area contributed by atoms with E-state index in [0.29, 0.717) is 0 Å². The van der Waals surface area contributed by atoms with E-state index in [2.05, 4.69) is 0 Å². The Morgan fingerprint density at radius 2 is 1.11 bits per heavy atom. The molecule has 0 bridgehead atoms. The van der Waals surface area contributed by atoms with Crippen molar-refractivity contribution >= 4 is 7.82 Å². The third kappa shape index (κ3) is 89.7. The molecule has 0 heterocycles. The largest absolute Gasteiger partial charge is 1.00 e. The summed E-state index contributed by atoms with van der Waals surface area (Å²) >= 11 is 0. The third-order valence-corrected chi connectivity index (χ3v) is 0. The topological polar surface area (TPSA) is 153 Å². The van der Waals surface area contributed by atoms with Crippen LogP contribution < -0.4 is 125 Å². The zero-order chi connectivity index (χ0) is 4.50. The van der Waals surface area contributed by atoms with Gasteiger partial charge in [0.1, 0.15) is 0 Å². The molecule has 6 nitrogen and oxygen atoms in total. The van der Waals surface area contributed by atoms with Gasteiger partial charge in [0.05, 0.1) is 7.82 Å². The molecule has 0 aliphatic heterocycles. The Hall–Kier alpha value is 3.30. The molecule has 9 heteroatoms. The van der Waals surface area contributed by atoms with Crippen LogP contribution in [0, 0.1) is 0 Å². The standard InChI is InChI=1S/2K.2H3N.H3O4P/c;;;;1-5(2,3)4/h;;2*1H3;(H3,1,2,3,4)/q2*+1;;;/p-2. The maximum absolute atomic E-state index is 8.66. The molecule has 0 saturated heterocycles. The Morgan fingerprint density at radius 3 is 1.11 bits per heavy atom. The van der Waals surface area contributed by atoms with Crippen LogP contribution in [0.3, 0.4) is 0 Å². The van der Waals surface area contributed by atoms with Gasteiger partial charge in [-0.15, -0.1) is 0 Å². The molecule has 0 rings (SSSR count). The molecule has 7 N–H and O–H groups in total. The van der Waals surface area contributed by atoms with E-state index in [1.807, 2.05) is 0 Å². The molecule has 48 valence electrons. The Bertz CT molecular complexity index is 62.7. The molecule has 0 amide bonds. The van der Waals surface area contributed by atoms with E-state index in [1.54, 1.807) is 0 Å². The molecule has 0 fully saturated rings. The van der Waals surface area contributed by atoms with E-state index in [9.17, 15) is 0 Å². The number of rotatable bonds is 0. The van der Waals surface area contributed by atoms with Gasteiger partial charge in [0.2, 0.25) is 0 Å². The molecule has 0 aromatic carbocycles. The SMILES string of the molecule is N.N.O=P([O-])([O-])O.[K+].[K+]. The Kier molecular flexibility index (Phi) is 45.4. The molecule has 0 aromatic rings. The molecule has 0 atom stereocenters. The summed E-state index contributed by atoms with van der Waals surface area (Å²) in [6.45, 7) is 0. The van der Waals surface area contributed by atoms with E-state index >= 15 is 0 Å². The monoisotopic (exact) mass is 208 g/mol. The number of hydrogen-bond donors (Lipinski definition) is 3. The van der Waals surface area contributed by atoms with Gasteiger partial charge in [0.25, 0.3) is 0 Å². The van der Waals surface area contributed by atoms with Crippen LogP contribution >= 0.6 is 7.82 Å². The predicted octanol–water partition coefficient (Wildman–Crippen LogP) is -7.86. The van der Waals surface area contributed by atoms with Gasteiger partial charge in [0.15, 0.2) is 0 Å². The molecular weight excluding hydrogens is 201 g/mol. The van der Waals surface area contributed by atoms with Crippen LogP contribution in [0.1, 0.15) is 0 Å². The summed E-state index contributed by atoms with van der Waals surface area (Å²) in [5.74, 6) is 0. The van der Waals surface area contributed by atoms with Crippen LogP contribution in [0.15, 0.2) is 0 Å². The minimum absolute atomic E-state index is 0. The summed E-state index contributed by atoms with van der Waals surface area (Å²) in [5.41, 5.74) is 0. The second kappa shape index (κ2) is 13.9. The fourth-order valence-corrected chi connectivity index (χ4v) is 0. The zero-order valence-electron chi connectivity index (χ0n) is 5.53. The van der Waals surface area contributed by atoms with Gasteiger partial charge >= 0.3 is 103 Å². The fraction of sp³-hybridized carbons (Fsp3) is 0. The maximum Gasteiger partial charge on any atom is 1.00 e. The average molecular weight is 208 g/mol. The molecular formula is H7K2N2O4P. The molecule has 0 aliphatic carbocycles. The predicted molar refractivity (Wildman–Crippen MR) is 19.9 cm³/mol. The first-order valence-electron chi connectivity index (χ1n) is 0.748. The Labute approximate surface area is 138 Å². The van der Waals surface area contributed by atoms with E-state index < -0.39 is 7.82 Å². The second-order valence-electron chi connectivity index (χ2n) is 0.469. The fourth-order valence-electron chi connectivity index (χ4n) is 0. The van der Waals surface area contributed by atoms with Crippen LogP contribution in [0.2, 0.25) is 0 Å². The van der Waals surface area contributed by atoms with Gasteiger partial charge < -0.3 is 31.5 Å². The smallest absolute Gasteiger partial charge is 0.790 e. The van der Waals surface area contributed by atoms with Crippen molar-refractivity contribution < 1.29 is 122 Å². The van der Waals surface area contributed by atoms with Crippen molar-refractivity contribution in [3.05, 3.63) is 0 Å². The van der Waals surface area contributed by atoms with E-state index in [4.69, 9.17) is 19.2 Å². The summed E-state index contributed by atoms with van der Waals surface area (Å²) in [4.78, 5) is 24.3. The quantitative estimate of drug-likeness (QED) is 0.265. The molecule has 0 aromatic heterocycles. The third-order valence-electron chi connectivity index (χ3n) is 0. The summed E-state index contributed by atoms with van der Waals surface area (Å²) < 4.78 is 8.66.